The molecule has 0 amide bonds. The van der Waals surface area contributed by atoms with E-state index < -0.39 is 0 Å². The van der Waals surface area contributed by atoms with Crippen LogP contribution in [0.1, 0.15) is 16.8 Å². The molecule has 0 saturated heterocycles. The Labute approximate surface area is 151 Å². The Hall–Kier alpha value is -1.81. The first-order valence-corrected chi connectivity index (χ1v) is 8.75. The minimum Gasteiger partial charge on any atom is -0.294 e. The molecule has 24 heavy (non-hydrogen) atoms. The number of halogens is 2. The summed E-state index contributed by atoms with van der Waals surface area (Å²) in [4.78, 5) is 2.43. The fourth-order valence-corrected chi connectivity index (χ4v) is 3.83. The van der Waals surface area contributed by atoms with E-state index in [1.807, 2.05) is 24.3 Å². The first kappa shape index (κ1) is 15.7. The number of rotatable bonds is 3. The van der Waals surface area contributed by atoms with Crippen molar-refractivity contribution >= 4 is 23.2 Å². The van der Waals surface area contributed by atoms with Gasteiger partial charge in [-0.1, -0.05) is 59.6 Å². The van der Waals surface area contributed by atoms with Gasteiger partial charge in [0.15, 0.2) is 0 Å². The van der Waals surface area contributed by atoms with Crippen molar-refractivity contribution in [2.24, 2.45) is 0 Å². The SMILES string of the molecule is Clc1cccc(Cl)c1-c1n[nH]c2c1CN(Cc1ccccc1)CC2. The number of hydrogen-bond donors (Lipinski definition) is 1. The summed E-state index contributed by atoms with van der Waals surface area (Å²) in [7, 11) is 0. The van der Waals surface area contributed by atoms with Crippen molar-refractivity contribution in [3.05, 3.63) is 75.4 Å². The van der Waals surface area contributed by atoms with Crippen LogP contribution in [0.5, 0.6) is 0 Å². The molecule has 1 aliphatic rings. The Morgan fingerprint density at radius 2 is 1.75 bits per heavy atom. The Balaban J connectivity index is 1.65. The van der Waals surface area contributed by atoms with E-state index in [0.717, 1.165) is 37.3 Å². The van der Waals surface area contributed by atoms with Gasteiger partial charge in [0.05, 0.1) is 15.7 Å². The fourth-order valence-electron chi connectivity index (χ4n) is 3.26. The lowest BCUT2D eigenvalue weighted by Crippen LogP contribution is -2.30. The van der Waals surface area contributed by atoms with Gasteiger partial charge in [-0.05, 0) is 17.7 Å². The predicted octanol–water partition coefficient (Wildman–Crippen LogP) is 4.94. The van der Waals surface area contributed by atoms with Crippen molar-refractivity contribution in [2.75, 3.05) is 6.54 Å². The van der Waals surface area contributed by atoms with Gasteiger partial charge in [0, 0.05) is 42.9 Å². The van der Waals surface area contributed by atoms with E-state index in [4.69, 9.17) is 23.2 Å². The summed E-state index contributed by atoms with van der Waals surface area (Å²) in [5.41, 5.74) is 5.40. The van der Waals surface area contributed by atoms with Crippen LogP contribution in [0, 0.1) is 0 Å². The van der Waals surface area contributed by atoms with E-state index in [-0.39, 0.29) is 0 Å². The van der Waals surface area contributed by atoms with E-state index >= 15 is 0 Å². The van der Waals surface area contributed by atoms with Crippen molar-refractivity contribution in [1.82, 2.24) is 15.1 Å². The molecule has 1 aliphatic heterocycles. The second kappa shape index (κ2) is 6.60. The average molecular weight is 358 g/mol. The number of aromatic amines is 1. The maximum absolute atomic E-state index is 6.38. The molecule has 5 heteroatoms. The van der Waals surface area contributed by atoms with E-state index in [0.29, 0.717) is 10.0 Å². The third kappa shape index (κ3) is 2.95. The van der Waals surface area contributed by atoms with Crippen LogP contribution in [0.15, 0.2) is 48.5 Å². The highest BCUT2D eigenvalue weighted by molar-refractivity contribution is 6.39. The minimum absolute atomic E-state index is 0.636. The first-order valence-electron chi connectivity index (χ1n) is 7.99. The fraction of sp³-hybridized carbons (Fsp3) is 0.211. The molecule has 2 aromatic carbocycles. The predicted molar refractivity (Wildman–Crippen MR) is 98.3 cm³/mol. The molecule has 0 radical (unpaired) electrons. The molecule has 1 N–H and O–H groups in total. The third-order valence-corrected chi connectivity index (χ3v) is 5.09. The average Bonchev–Trinajstić information content (AvgIpc) is 2.99. The van der Waals surface area contributed by atoms with Crippen LogP contribution in [0.3, 0.4) is 0 Å². The lowest BCUT2D eigenvalue weighted by Gasteiger charge is -2.27. The molecule has 0 atom stereocenters. The van der Waals surface area contributed by atoms with Gasteiger partial charge < -0.3 is 0 Å². The number of aromatic nitrogens is 2. The van der Waals surface area contributed by atoms with Crippen LogP contribution in [0.4, 0.5) is 0 Å². The molecule has 2 heterocycles. The van der Waals surface area contributed by atoms with Gasteiger partial charge in [0.25, 0.3) is 0 Å². The highest BCUT2D eigenvalue weighted by atomic mass is 35.5. The lowest BCUT2D eigenvalue weighted by molar-refractivity contribution is 0.245. The van der Waals surface area contributed by atoms with E-state index in [1.165, 1.54) is 16.8 Å². The summed E-state index contributed by atoms with van der Waals surface area (Å²) in [5, 5.41) is 8.95. The smallest absolute Gasteiger partial charge is 0.0998 e. The van der Waals surface area contributed by atoms with Gasteiger partial charge in [-0.3, -0.25) is 10.00 Å². The highest BCUT2D eigenvalue weighted by Crippen LogP contribution is 2.37. The molecule has 3 nitrogen and oxygen atoms in total. The molecule has 0 bridgehead atoms. The largest absolute Gasteiger partial charge is 0.294 e. The van der Waals surface area contributed by atoms with Crippen molar-refractivity contribution in [3.63, 3.8) is 0 Å². The number of nitrogens with zero attached hydrogens (tertiary/aromatic N) is 2. The molecular weight excluding hydrogens is 341 g/mol. The minimum atomic E-state index is 0.636. The molecule has 4 rings (SSSR count). The van der Waals surface area contributed by atoms with Crippen LogP contribution in [0.25, 0.3) is 11.3 Å². The van der Waals surface area contributed by atoms with Gasteiger partial charge in [-0.2, -0.15) is 5.10 Å². The quantitative estimate of drug-likeness (QED) is 0.719. The Kier molecular flexibility index (Phi) is 4.31. The zero-order valence-corrected chi connectivity index (χ0v) is 14.6. The summed E-state index contributed by atoms with van der Waals surface area (Å²) < 4.78 is 0. The Morgan fingerprint density at radius 3 is 2.50 bits per heavy atom. The van der Waals surface area contributed by atoms with E-state index in [9.17, 15) is 0 Å². The molecule has 122 valence electrons. The summed E-state index contributed by atoms with van der Waals surface area (Å²) >= 11 is 12.8. The number of hydrogen-bond acceptors (Lipinski definition) is 2. The second-order valence-electron chi connectivity index (χ2n) is 6.07. The lowest BCUT2D eigenvalue weighted by atomic mass is 10.0. The summed E-state index contributed by atoms with van der Waals surface area (Å²) in [5.74, 6) is 0. The first-order chi connectivity index (χ1) is 11.7. The van der Waals surface area contributed by atoms with Crippen LogP contribution >= 0.6 is 23.2 Å². The molecule has 1 aromatic heterocycles. The van der Waals surface area contributed by atoms with Crippen LogP contribution in [0.2, 0.25) is 10.0 Å². The van der Waals surface area contributed by atoms with Gasteiger partial charge in [-0.15, -0.1) is 0 Å². The molecule has 0 fully saturated rings. The number of fused-ring (bicyclic) bond motifs is 1. The molecule has 0 spiro atoms. The summed E-state index contributed by atoms with van der Waals surface area (Å²) in [6.45, 7) is 2.79. The normalized spacial score (nSPS) is 14.6. The number of benzene rings is 2. The molecular formula is C19H17Cl2N3. The summed E-state index contributed by atoms with van der Waals surface area (Å²) in [6.07, 6.45) is 0.956. The van der Waals surface area contributed by atoms with Crippen LogP contribution in [-0.4, -0.2) is 21.6 Å². The van der Waals surface area contributed by atoms with Crippen molar-refractivity contribution in [2.45, 2.75) is 19.5 Å². The zero-order chi connectivity index (χ0) is 16.5. The van der Waals surface area contributed by atoms with Gasteiger partial charge in [-0.25, -0.2) is 0 Å². The Bertz CT molecular complexity index is 838. The number of nitrogens with one attached hydrogen (secondary N) is 1. The zero-order valence-electron chi connectivity index (χ0n) is 13.1. The van der Waals surface area contributed by atoms with Crippen molar-refractivity contribution in [3.8, 4) is 11.3 Å². The second-order valence-corrected chi connectivity index (χ2v) is 6.89. The van der Waals surface area contributed by atoms with Crippen LogP contribution in [-0.2, 0) is 19.5 Å². The monoisotopic (exact) mass is 357 g/mol. The molecule has 3 aromatic rings. The highest BCUT2D eigenvalue weighted by Gasteiger charge is 2.24. The molecule has 0 saturated carbocycles. The van der Waals surface area contributed by atoms with E-state index in [2.05, 4.69) is 39.4 Å². The maximum atomic E-state index is 6.38. The number of H-pyrrole nitrogens is 1. The van der Waals surface area contributed by atoms with Gasteiger partial charge >= 0.3 is 0 Å². The molecule has 0 aliphatic carbocycles. The molecule has 0 unspecified atom stereocenters. The van der Waals surface area contributed by atoms with Crippen molar-refractivity contribution in [1.29, 1.82) is 0 Å². The maximum Gasteiger partial charge on any atom is 0.0998 e. The standard InChI is InChI=1S/C19H17Cl2N3/c20-15-7-4-8-16(21)18(15)19-14-12-24(10-9-17(14)22-23-19)11-13-5-2-1-3-6-13/h1-8H,9-12H2,(H,22,23). The van der Waals surface area contributed by atoms with E-state index in [1.54, 1.807) is 0 Å². The Morgan fingerprint density at radius 1 is 1.00 bits per heavy atom. The topological polar surface area (TPSA) is 31.9 Å². The van der Waals surface area contributed by atoms with Gasteiger partial charge in [0.2, 0.25) is 0 Å². The van der Waals surface area contributed by atoms with Crippen molar-refractivity contribution < 1.29 is 0 Å². The van der Waals surface area contributed by atoms with Crippen LogP contribution < -0.4 is 0 Å². The van der Waals surface area contributed by atoms with Gasteiger partial charge in [0.1, 0.15) is 0 Å². The summed E-state index contributed by atoms with van der Waals surface area (Å²) in [6, 6.07) is 16.1. The third-order valence-electron chi connectivity index (χ3n) is 4.46.